The number of nitrogens with zero attached hydrogens (tertiary/aromatic N) is 1. The van der Waals surface area contributed by atoms with Crippen LogP contribution in [0.2, 0.25) is 0 Å². The molecule has 2 aliphatic carbocycles. The number of nitrogens with two attached hydrogens (primary N) is 1. The van der Waals surface area contributed by atoms with E-state index in [4.69, 9.17) is 5.73 Å². The minimum Gasteiger partial charge on any atom is -0.329 e. The number of hydrogen-bond donors (Lipinski definition) is 1. The van der Waals surface area contributed by atoms with E-state index in [1.165, 1.54) is 51.5 Å². The Hall–Kier alpha value is -0.0800. The molecule has 112 valence electrons. The van der Waals surface area contributed by atoms with Crippen LogP contribution in [0.25, 0.3) is 0 Å². The molecule has 0 aliphatic heterocycles. The van der Waals surface area contributed by atoms with Crippen LogP contribution in [0.4, 0.5) is 0 Å². The number of hydrogen-bond acceptors (Lipinski definition) is 2. The fraction of sp³-hybridized carbons (Fsp3) is 1.00. The highest BCUT2D eigenvalue weighted by Gasteiger charge is 2.46. The maximum atomic E-state index is 6.25. The first-order valence-corrected chi connectivity index (χ1v) is 8.40. The van der Waals surface area contributed by atoms with Crippen molar-refractivity contribution in [3.8, 4) is 0 Å². The van der Waals surface area contributed by atoms with Crippen LogP contribution in [-0.4, -0.2) is 29.6 Å². The van der Waals surface area contributed by atoms with Crippen LogP contribution in [0.15, 0.2) is 0 Å². The second kappa shape index (κ2) is 5.73. The SMILES string of the molecule is CCCN(C1CC1)C1(CN)CCC(C(C)(C)C)CC1. The lowest BCUT2D eigenvalue weighted by Crippen LogP contribution is -2.57. The number of rotatable bonds is 5. The summed E-state index contributed by atoms with van der Waals surface area (Å²) >= 11 is 0. The van der Waals surface area contributed by atoms with Crippen molar-refractivity contribution in [1.82, 2.24) is 4.90 Å². The van der Waals surface area contributed by atoms with Gasteiger partial charge in [-0.15, -0.1) is 0 Å². The summed E-state index contributed by atoms with van der Waals surface area (Å²) in [6.45, 7) is 11.6. The lowest BCUT2D eigenvalue weighted by molar-refractivity contribution is 0.0152. The molecule has 0 atom stereocenters. The summed E-state index contributed by atoms with van der Waals surface area (Å²) in [6.07, 6.45) is 9.46. The Morgan fingerprint density at radius 1 is 1.11 bits per heavy atom. The molecule has 0 bridgehead atoms. The Balaban J connectivity index is 2.04. The Labute approximate surface area is 120 Å². The normalized spacial score (nSPS) is 32.8. The van der Waals surface area contributed by atoms with Crippen molar-refractivity contribution < 1.29 is 0 Å². The maximum Gasteiger partial charge on any atom is 0.0334 e. The van der Waals surface area contributed by atoms with E-state index in [1.54, 1.807) is 0 Å². The summed E-state index contributed by atoms with van der Waals surface area (Å²) in [5.74, 6) is 0.884. The van der Waals surface area contributed by atoms with E-state index < -0.39 is 0 Å². The van der Waals surface area contributed by atoms with Crippen molar-refractivity contribution in [2.75, 3.05) is 13.1 Å². The first kappa shape index (κ1) is 15.3. The molecule has 2 nitrogen and oxygen atoms in total. The summed E-state index contributed by atoms with van der Waals surface area (Å²) in [6, 6.07) is 0.856. The van der Waals surface area contributed by atoms with E-state index in [1.807, 2.05) is 0 Å². The lowest BCUT2D eigenvalue weighted by atomic mass is 9.66. The van der Waals surface area contributed by atoms with Gasteiger partial charge in [-0.3, -0.25) is 4.90 Å². The van der Waals surface area contributed by atoms with Crippen LogP contribution < -0.4 is 5.73 Å². The molecule has 2 heteroatoms. The zero-order valence-electron chi connectivity index (χ0n) is 13.5. The third-order valence-corrected chi connectivity index (χ3v) is 5.58. The molecule has 19 heavy (non-hydrogen) atoms. The Kier molecular flexibility index (Phi) is 4.62. The second-order valence-electron chi connectivity index (χ2n) is 7.99. The summed E-state index contributed by atoms with van der Waals surface area (Å²) in [5.41, 5.74) is 7.05. The van der Waals surface area contributed by atoms with Crippen LogP contribution >= 0.6 is 0 Å². The lowest BCUT2D eigenvalue weighted by Gasteiger charge is -2.50. The van der Waals surface area contributed by atoms with Gasteiger partial charge in [0.1, 0.15) is 0 Å². The Bertz CT molecular complexity index is 280. The molecule has 0 aromatic rings. The second-order valence-corrected chi connectivity index (χ2v) is 7.99. The van der Waals surface area contributed by atoms with Gasteiger partial charge in [0.2, 0.25) is 0 Å². The molecule has 0 radical (unpaired) electrons. The molecule has 0 unspecified atom stereocenters. The van der Waals surface area contributed by atoms with Gasteiger partial charge in [-0.1, -0.05) is 27.7 Å². The van der Waals surface area contributed by atoms with E-state index >= 15 is 0 Å². The molecule has 2 saturated carbocycles. The smallest absolute Gasteiger partial charge is 0.0334 e. The summed E-state index contributed by atoms with van der Waals surface area (Å²) in [4.78, 5) is 2.80. The fourth-order valence-corrected chi connectivity index (χ4v) is 4.06. The van der Waals surface area contributed by atoms with Gasteiger partial charge in [0.25, 0.3) is 0 Å². The third kappa shape index (κ3) is 3.33. The summed E-state index contributed by atoms with van der Waals surface area (Å²) in [7, 11) is 0. The standard InChI is InChI=1S/C17H34N2/c1-5-12-19(15-6-7-15)17(13-18)10-8-14(9-11-17)16(2,3)4/h14-15H,5-13,18H2,1-4H3. The van der Waals surface area contributed by atoms with Gasteiger partial charge in [-0.05, 0) is 62.8 Å². The van der Waals surface area contributed by atoms with Gasteiger partial charge in [0, 0.05) is 18.1 Å². The first-order valence-electron chi connectivity index (χ1n) is 8.40. The zero-order valence-corrected chi connectivity index (χ0v) is 13.5. The predicted molar refractivity (Wildman–Crippen MR) is 83.2 cm³/mol. The summed E-state index contributed by atoms with van der Waals surface area (Å²) < 4.78 is 0. The predicted octanol–water partition coefficient (Wildman–Crippen LogP) is 3.79. The molecule has 2 N–H and O–H groups in total. The van der Waals surface area contributed by atoms with Gasteiger partial charge in [-0.2, -0.15) is 0 Å². The Morgan fingerprint density at radius 2 is 1.68 bits per heavy atom. The van der Waals surface area contributed by atoms with Crippen molar-refractivity contribution >= 4 is 0 Å². The van der Waals surface area contributed by atoms with Crippen LogP contribution in [-0.2, 0) is 0 Å². The van der Waals surface area contributed by atoms with E-state index in [0.29, 0.717) is 11.0 Å². The van der Waals surface area contributed by atoms with Crippen molar-refractivity contribution in [2.24, 2.45) is 17.1 Å². The van der Waals surface area contributed by atoms with Crippen molar-refractivity contribution in [3.05, 3.63) is 0 Å². The van der Waals surface area contributed by atoms with Crippen LogP contribution in [0.3, 0.4) is 0 Å². The average Bonchev–Trinajstić information content (AvgIpc) is 3.19. The molecule has 2 fully saturated rings. The van der Waals surface area contributed by atoms with Gasteiger partial charge >= 0.3 is 0 Å². The molecular formula is C17H34N2. The highest BCUT2D eigenvalue weighted by atomic mass is 15.3. The Morgan fingerprint density at radius 3 is 2.05 bits per heavy atom. The highest BCUT2D eigenvalue weighted by molar-refractivity contribution is 5.02. The molecule has 0 saturated heterocycles. The largest absolute Gasteiger partial charge is 0.329 e. The van der Waals surface area contributed by atoms with Gasteiger partial charge in [0.05, 0.1) is 0 Å². The highest BCUT2D eigenvalue weighted by Crippen LogP contribution is 2.46. The minimum absolute atomic E-state index is 0.332. The van der Waals surface area contributed by atoms with Crippen molar-refractivity contribution in [3.63, 3.8) is 0 Å². The van der Waals surface area contributed by atoms with Gasteiger partial charge in [-0.25, -0.2) is 0 Å². The van der Waals surface area contributed by atoms with Crippen LogP contribution in [0.5, 0.6) is 0 Å². The molecule has 0 heterocycles. The molecule has 0 spiro atoms. The molecule has 2 aliphatic rings. The molecule has 0 aromatic heterocycles. The third-order valence-electron chi connectivity index (χ3n) is 5.58. The maximum absolute atomic E-state index is 6.25. The molecule has 2 rings (SSSR count). The zero-order chi connectivity index (χ0) is 14.1. The monoisotopic (exact) mass is 266 g/mol. The van der Waals surface area contributed by atoms with Crippen LogP contribution in [0.1, 0.15) is 72.6 Å². The fourth-order valence-electron chi connectivity index (χ4n) is 4.06. The quantitative estimate of drug-likeness (QED) is 0.820. The minimum atomic E-state index is 0.332. The average molecular weight is 266 g/mol. The van der Waals surface area contributed by atoms with E-state index in [-0.39, 0.29) is 0 Å². The van der Waals surface area contributed by atoms with E-state index in [0.717, 1.165) is 18.5 Å². The molecular weight excluding hydrogens is 232 g/mol. The van der Waals surface area contributed by atoms with Crippen molar-refractivity contribution in [2.45, 2.75) is 84.2 Å². The molecule has 0 aromatic carbocycles. The van der Waals surface area contributed by atoms with Crippen LogP contribution in [0, 0.1) is 11.3 Å². The van der Waals surface area contributed by atoms with Crippen molar-refractivity contribution in [1.29, 1.82) is 0 Å². The molecule has 0 amide bonds. The van der Waals surface area contributed by atoms with E-state index in [9.17, 15) is 0 Å². The van der Waals surface area contributed by atoms with E-state index in [2.05, 4.69) is 32.6 Å². The summed E-state index contributed by atoms with van der Waals surface area (Å²) in [5, 5.41) is 0. The first-order chi connectivity index (χ1) is 8.93. The van der Waals surface area contributed by atoms with Gasteiger partial charge < -0.3 is 5.73 Å². The topological polar surface area (TPSA) is 29.3 Å². The van der Waals surface area contributed by atoms with Gasteiger partial charge in [0.15, 0.2) is 0 Å².